The zero-order valence-corrected chi connectivity index (χ0v) is 26.0. The Balaban J connectivity index is 1.22. The van der Waals surface area contributed by atoms with Gasteiger partial charge in [0.25, 0.3) is 11.5 Å². The summed E-state index contributed by atoms with van der Waals surface area (Å²) in [5.74, 6) is 1.01. The first-order chi connectivity index (χ1) is 21.8. The van der Waals surface area contributed by atoms with Gasteiger partial charge in [-0.15, -0.1) is 10.2 Å². The molecule has 2 aromatic carbocycles. The molecule has 4 heterocycles. The van der Waals surface area contributed by atoms with E-state index in [0.29, 0.717) is 51.4 Å². The summed E-state index contributed by atoms with van der Waals surface area (Å²) in [6.07, 6.45) is 3.29. The van der Waals surface area contributed by atoms with E-state index in [2.05, 4.69) is 35.9 Å². The van der Waals surface area contributed by atoms with Gasteiger partial charge in [0.2, 0.25) is 5.88 Å². The Morgan fingerprint density at radius 1 is 1.02 bits per heavy atom. The predicted molar refractivity (Wildman–Crippen MR) is 171 cm³/mol. The number of H-pyrrole nitrogens is 1. The van der Waals surface area contributed by atoms with E-state index in [9.17, 15) is 9.59 Å². The molecule has 1 amide bonds. The molecular weight excluding hydrogens is 617 g/mol. The SMILES string of the molecule is COc1nc(-c2cccc(-c3cccc(NC(=O)c4ccnn(C)c4=O)c3Cl)c2Cl)ccc1CN1CCC(c2nn[nH]n2)CC1. The molecule has 0 unspecified atom stereocenters. The largest absolute Gasteiger partial charge is 0.481 e. The van der Waals surface area contributed by atoms with Crippen LogP contribution in [-0.2, 0) is 13.6 Å². The number of amides is 1. The number of anilines is 1. The highest BCUT2D eigenvalue weighted by molar-refractivity contribution is 6.39. The Kier molecular flexibility index (Phi) is 8.87. The molecule has 0 spiro atoms. The maximum absolute atomic E-state index is 12.9. The number of nitrogens with zero attached hydrogens (tertiary/aromatic N) is 7. The third kappa shape index (κ3) is 6.30. The number of hydrogen-bond acceptors (Lipinski definition) is 9. The molecule has 0 atom stereocenters. The van der Waals surface area contributed by atoms with E-state index in [4.69, 9.17) is 32.9 Å². The Bertz CT molecular complexity index is 1910. The molecule has 3 aromatic heterocycles. The summed E-state index contributed by atoms with van der Waals surface area (Å²) >= 11 is 13.8. The van der Waals surface area contributed by atoms with Crippen molar-refractivity contribution >= 4 is 34.8 Å². The summed E-state index contributed by atoms with van der Waals surface area (Å²) in [6.45, 7) is 2.50. The first-order valence-corrected chi connectivity index (χ1v) is 15.0. The quantitative estimate of drug-likeness (QED) is 0.239. The fourth-order valence-corrected chi connectivity index (χ4v) is 6.09. The summed E-state index contributed by atoms with van der Waals surface area (Å²) in [5, 5.41) is 21.8. The number of rotatable bonds is 8. The van der Waals surface area contributed by atoms with Crippen LogP contribution in [0.5, 0.6) is 5.88 Å². The normalized spacial score (nSPS) is 14.0. The number of carbonyl (C=O) groups excluding carboxylic acids is 1. The third-order valence-electron chi connectivity index (χ3n) is 7.90. The average molecular weight is 647 g/mol. The minimum Gasteiger partial charge on any atom is -0.481 e. The van der Waals surface area contributed by atoms with Gasteiger partial charge < -0.3 is 10.1 Å². The molecule has 1 aliphatic heterocycles. The van der Waals surface area contributed by atoms with Crippen molar-refractivity contribution in [2.24, 2.45) is 7.05 Å². The van der Waals surface area contributed by atoms with Crippen LogP contribution in [0.2, 0.25) is 10.0 Å². The van der Waals surface area contributed by atoms with Crippen molar-refractivity contribution in [1.29, 1.82) is 0 Å². The standard InChI is InChI=1S/C31H29Cl2N9O3/c1-41-31(44)23(11-14-34-41)29(43)35-25-8-4-6-21(27(25)33)20-5-3-7-22(26(20)32)24-10-9-19(30(36-24)45-2)17-42-15-12-18(13-16-42)28-37-39-40-38-28/h3-11,14,18H,12-13,15-17H2,1-2H3,(H,35,43)(H,37,38,39,40). The molecule has 5 aromatic rings. The number of tetrazole rings is 1. The van der Waals surface area contributed by atoms with Crippen molar-refractivity contribution < 1.29 is 9.53 Å². The molecule has 45 heavy (non-hydrogen) atoms. The van der Waals surface area contributed by atoms with Gasteiger partial charge in [-0.25, -0.2) is 9.67 Å². The lowest BCUT2D eigenvalue weighted by atomic mass is 9.96. The van der Waals surface area contributed by atoms with Crippen molar-refractivity contribution in [3.05, 3.63) is 98.1 Å². The monoisotopic (exact) mass is 645 g/mol. The molecule has 12 nitrogen and oxygen atoms in total. The van der Waals surface area contributed by atoms with Crippen LogP contribution in [0.3, 0.4) is 0 Å². The topological polar surface area (TPSA) is 144 Å². The van der Waals surface area contributed by atoms with Crippen LogP contribution in [0.1, 0.15) is 40.5 Å². The van der Waals surface area contributed by atoms with Crippen molar-refractivity contribution in [3.63, 3.8) is 0 Å². The fourth-order valence-electron chi connectivity index (χ4n) is 5.49. The number of ether oxygens (including phenoxy) is 1. The van der Waals surface area contributed by atoms with E-state index in [1.54, 1.807) is 19.2 Å². The van der Waals surface area contributed by atoms with E-state index in [1.807, 2.05) is 36.4 Å². The number of aromatic amines is 1. The highest BCUT2D eigenvalue weighted by atomic mass is 35.5. The van der Waals surface area contributed by atoms with E-state index in [0.717, 1.165) is 42.0 Å². The number of carbonyl (C=O) groups is 1. The minimum absolute atomic E-state index is 0.0502. The number of methoxy groups -OCH3 is 1. The molecule has 14 heteroatoms. The van der Waals surface area contributed by atoms with Crippen LogP contribution < -0.4 is 15.6 Å². The lowest BCUT2D eigenvalue weighted by Crippen LogP contribution is -2.33. The molecule has 6 rings (SSSR count). The van der Waals surface area contributed by atoms with E-state index in [-0.39, 0.29) is 10.6 Å². The van der Waals surface area contributed by atoms with Crippen LogP contribution in [0.4, 0.5) is 5.69 Å². The Morgan fingerprint density at radius 2 is 1.76 bits per heavy atom. The molecule has 1 aliphatic rings. The van der Waals surface area contributed by atoms with Crippen LogP contribution in [0.15, 0.2) is 65.6 Å². The van der Waals surface area contributed by atoms with Gasteiger partial charge in [-0.3, -0.25) is 14.5 Å². The van der Waals surface area contributed by atoms with Gasteiger partial charge in [0, 0.05) is 48.0 Å². The maximum atomic E-state index is 12.9. The predicted octanol–water partition coefficient (Wildman–Crippen LogP) is 4.97. The number of likely N-dealkylation sites (tertiary alicyclic amines) is 1. The Labute approximate surface area is 268 Å². The molecular formula is C31H29Cl2N9O3. The van der Waals surface area contributed by atoms with Crippen molar-refractivity contribution in [1.82, 2.24) is 40.3 Å². The van der Waals surface area contributed by atoms with E-state index < -0.39 is 11.5 Å². The Morgan fingerprint density at radius 3 is 2.49 bits per heavy atom. The Hall–Kier alpha value is -4.65. The minimum atomic E-state index is -0.593. The summed E-state index contributed by atoms with van der Waals surface area (Å²) < 4.78 is 6.80. The number of pyridine rings is 1. The zero-order valence-electron chi connectivity index (χ0n) is 24.5. The summed E-state index contributed by atoms with van der Waals surface area (Å²) in [6, 6.07) is 16.1. The second-order valence-corrected chi connectivity index (χ2v) is 11.4. The van der Waals surface area contributed by atoms with Crippen molar-refractivity contribution in [2.45, 2.75) is 25.3 Å². The number of aromatic nitrogens is 7. The number of nitrogens with one attached hydrogen (secondary N) is 2. The van der Waals surface area contributed by atoms with Gasteiger partial charge >= 0.3 is 0 Å². The lowest BCUT2D eigenvalue weighted by molar-refractivity contribution is 0.102. The van der Waals surface area contributed by atoms with Gasteiger partial charge in [0.05, 0.1) is 28.5 Å². The highest BCUT2D eigenvalue weighted by Crippen LogP contribution is 2.41. The molecule has 2 N–H and O–H groups in total. The second kappa shape index (κ2) is 13.1. The van der Waals surface area contributed by atoms with Crippen LogP contribution in [0.25, 0.3) is 22.4 Å². The van der Waals surface area contributed by atoms with Crippen molar-refractivity contribution in [2.75, 3.05) is 25.5 Å². The summed E-state index contributed by atoms with van der Waals surface area (Å²) in [4.78, 5) is 32.5. The smallest absolute Gasteiger partial charge is 0.279 e. The molecule has 0 radical (unpaired) electrons. The first kappa shape index (κ1) is 30.4. The molecule has 1 fully saturated rings. The highest BCUT2D eigenvalue weighted by Gasteiger charge is 2.25. The number of piperidine rings is 1. The molecule has 0 aliphatic carbocycles. The molecule has 230 valence electrons. The number of halogens is 2. The van der Waals surface area contributed by atoms with Gasteiger partial charge in [-0.05, 0) is 44.1 Å². The van der Waals surface area contributed by atoms with Crippen LogP contribution >= 0.6 is 23.2 Å². The third-order valence-corrected chi connectivity index (χ3v) is 8.72. The lowest BCUT2D eigenvalue weighted by Gasteiger charge is -2.30. The van der Waals surface area contributed by atoms with Crippen LogP contribution in [0, 0.1) is 0 Å². The van der Waals surface area contributed by atoms with Gasteiger partial charge in [-0.1, -0.05) is 64.8 Å². The van der Waals surface area contributed by atoms with Crippen molar-refractivity contribution in [3.8, 4) is 28.3 Å². The first-order valence-electron chi connectivity index (χ1n) is 14.2. The molecule has 0 bridgehead atoms. The van der Waals surface area contributed by atoms with Gasteiger partial charge in [-0.2, -0.15) is 10.3 Å². The summed E-state index contributed by atoms with van der Waals surface area (Å²) in [5.41, 5.74) is 3.36. The van der Waals surface area contributed by atoms with E-state index in [1.165, 1.54) is 19.3 Å². The summed E-state index contributed by atoms with van der Waals surface area (Å²) in [7, 11) is 3.08. The number of benzene rings is 2. The maximum Gasteiger partial charge on any atom is 0.279 e. The van der Waals surface area contributed by atoms with E-state index >= 15 is 0 Å². The second-order valence-electron chi connectivity index (χ2n) is 10.6. The molecule has 1 saturated heterocycles. The van der Waals surface area contributed by atoms with Gasteiger partial charge in [0.15, 0.2) is 5.82 Å². The zero-order chi connectivity index (χ0) is 31.5. The fraction of sp³-hybridized carbons (Fsp3) is 0.258. The number of hydrogen-bond donors (Lipinski definition) is 2. The number of aryl methyl sites for hydroxylation is 1. The average Bonchev–Trinajstić information content (AvgIpc) is 3.60. The molecule has 0 saturated carbocycles. The van der Waals surface area contributed by atoms with Gasteiger partial charge in [0.1, 0.15) is 5.56 Å². The van der Waals surface area contributed by atoms with Crippen LogP contribution in [-0.4, -0.2) is 66.4 Å².